The highest BCUT2D eigenvalue weighted by Gasteiger charge is 2.18. The summed E-state index contributed by atoms with van der Waals surface area (Å²) >= 11 is 8.70. The van der Waals surface area contributed by atoms with Gasteiger partial charge < -0.3 is 16.0 Å². The van der Waals surface area contributed by atoms with Crippen molar-refractivity contribution < 1.29 is 14.4 Å². The molecule has 0 aliphatic carbocycles. The number of pyridine rings is 1. The first kappa shape index (κ1) is 30.7. The Morgan fingerprint density at radius 2 is 1.66 bits per heavy atom. The van der Waals surface area contributed by atoms with Gasteiger partial charge in [0.15, 0.2) is 5.13 Å². The summed E-state index contributed by atoms with van der Waals surface area (Å²) in [5, 5.41) is 11.1. The van der Waals surface area contributed by atoms with Gasteiger partial charge in [-0.2, -0.15) is 0 Å². The molecular formula is C33H26ClN5O3S2. The second kappa shape index (κ2) is 14.6. The zero-order valence-corrected chi connectivity index (χ0v) is 25.7. The van der Waals surface area contributed by atoms with Crippen molar-refractivity contribution in [3.63, 3.8) is 0 Å². The molecule has 0 saturated heterocycles. The van der Waals surface area contributed by atoms with E-state index in [1.807, 2.05) is 42.6 Å². The monoisotopic (exact) mass is 639 g/mol. The normalized spacial score (nSPS) is 11.8. The third-order valence-electron chi connectivity index (χ3n) is 6.19. The maximum absolute atomic E-state index is 13.2. The Kier molecular flexibility index (Phi) is 10.2. The number of anilines is 2. The predicted molar refractivity (Wildman–Crippen MR) is 178 cm³/mol. The van der Waals surface area contributed by atoms with Crippen LogP contribution in [0.2, 0.25) is 5.02 Å². The second-order valence-electron chi connectivity index (χ2n) is 9.44. The van der Waals surface area contributed by atoms with E-state index in [4.69, 9.17) is 11.6 Å². The minimum atomic E-state index is -0.493. The van der Waals surface area contributed by atoms with Gasteiger partial charge in [0.25, 0.3) is 11.8 Å². The van der Waals surface area contributed by atoms with Crippen molar-refractivity contribution in [2.45, 2.75) is 17.1 Å². The lowest BCUT2D eigenvalue weighted by molar-refractivity contribution is -0.115. The van der Waals surface area contributed by atoms with E-state index >= 15 is 0 Å². The molecule has 2 aromatic heterocycles. The van der Waals surface area contributed by atoms with Crippen molar-refractivity contribution in [3.8, 4) is 11.3 Å². The SMILES string of the molecule is CC(Sc1ccc(NC(=O)/C(=C/c2cccnc2)NC(=O)c2ccccc2)cc1)C(=O)Nc1nc(-c2ccc(Cl)cc2)cs1. The quantitative estimate of drug-likeness (QED) is 0.108. The third kappa shape index (κ3) is 8.41. The number of amides is 3. The van der Waals surface area contributed by atoms with Crippen LogP contribution in [0.4, 0.5) is 10.8 Å². The maximum atomic E-state index is 13.2. The zero-order chi connectivity index (χ0) is 30.9. The number of thioether (sulfide) groups is 1. The van der Waals surface area contributed by atoms with Crippen LogP contribution in [0.25, 0.3) is 17.3 Å². The standard InChI is InChI=1S/C33H26ClN5O3S2/c1-21(30(40)39-33-38-29(20-43-33)23-9-11-25(34)12-10-23)44-27-15-13-26(14-16-27)36-32(42)28(18-22-6-5-17-35-19-22)37-31(41)24-7-3-2-4-8-24/h2-21H,1H3,(H,36,42)(H,37,41)(H,38,39,40)/b28-18-. The van der Waals surface area contributed by atoms with Crippen molar-refractivity contribution in [1.29, 1.82) is 0 Å². The van der Waals surface area contributed by atoms with Crippen LogP contribution in [0.5, 0.6) is 0 Å². The Bertz CT molecular complexity index is 1780. The van der Waals surface area contributed by atoms with Crippen LogP contribution >= 0.6 is 34.7 Å². The number of rotatable bonds is 10. The van der Waals surface area contributed by atoms with Gasteiger partial charge in [-0.15, -0.1) is 23.1 Å². The van der Waals surface area contributed by atoms with Crippen molar-refractivity contribution in [1.82, 2.24) is 15.3 Å². The van der Waals surface area contributed by atoms with Crippen molar-refractivity contribution >= 4 is 69.3 Å². The molecule has 0 fully saturated rings. The minimum absolute atomic E-state index is 0.0667. The number of carbonyl (C=O) groups is 3. The van der Waals surface area contributed by atoms with E-state index in [-0.39, 0.29) is 11.6 Å². The Morgan fingerprint density at radius 1 is 0.909 bits per heavy atom. The Balaban J connectivity index is 1.20. The van der Waals surface area contributed by atoms with Crippen molar-refractivity contribution in [2.75, 3.05) is 10.6 Å². The van der Waals surface area contributed by atoms with E-state index in [0.29, 0.717) is 27.0 Å². The van der Waals surface area contributed by atoms with Gasteiger partial charge in [-0.05, 0) is 73.2 Å². The molecule has 3 amide bonds. The van der Waals surface area contributed by atoms with Gasteiger partial charge in [0.05, 0.1) is 10.9 Å². The van der Waals surface area contributed by atoms with Crippen LogP contribution in [0.1, 0.15) is 22.8 Å². The topological polar surface area (TPSA) is 113 Å². The van der Waals surface area contributed by atoms with Gasteiger partial charge in [-0.25, -0.2) is 4.98 Å². The summed E-state index contributed by atoms with van der Waals surface area (Å²) < 4.78 is 0. The highest BCUT2D eigenvalue weighted by atomic mass is 35.5. The van der Waals surface area contributed by atoms with Crippen molar-refractivity contribution in [3.05, 3.63) is 131 Å². The second-order valence-corrected chi connectivity index (χ2v) is 12.1. The average molecular weight is 640 g/mol. The van der Waals surface area contributed by atoms with Gasteiger partial charge in [0.1, 0.15) is 5.70 Å². The van der Waals surface area contributed by atoms with Gasteiger partial charge in [-0.3, -0.25) is 19.4 Å². The highest BCUT2D eigenvalue weighted by Crippen LogP contribution is 2.29. The van der Waals surface area contributed by atoms with Crippen LogP contribution < -0.4 is 16.0 Å². The number of hydrogen-bond donors (Lipinski definition) is 3. The van der Waals surface area contributed by atoms with Gasteiger partial charge in [-0.1, -0.05) is 48.0 Å². The van der Waals surface area contributed by atoms with Gasteiger partial charge in [0, 0.05) is 44.5 Å². The van der Waals surface area contributed by atoms with Crippen molar-refractivity contribution in [2.24, 2.45) is 0 Å². The Hall–Kier alpha value is -4.77. The molecule has 1 unspecified atom stereocenters. The van der Waals surface area contributed by atoms with E-state index in [1.54, 1.807) is 79.1 Å². The van der Waals surface area contributed by atoms with E-state index in [9.17, 15) is 14.4 Å². The minimum Gasteiger partial charge on any atom is -0.321 e. The molecule has 0 radical (unpaired) electrons. The molecular weight excluding hydrogens is 614 g/mol. The van der Waals surface area contributed by atoms with E-state index in [1.165, 1.54) is 23.1 Å². The molecule has 5 rings (SSSR count). The van der Waals surface area contributed by atoms with E-state index in [0.717, 1.165) is 16.2 Å². The predicted octanol–water partition coefficient (Wildman–Crippen LogP) is 7.39. The number of nitrogens with one attached hydrogen (secondary N) is 3. The molecule has 2 heterocycles. The van der Waals surface area contributed by atoms with Gasteiger partial charge in [0.2, 0.25) is 5.91 Å². The summed E-state index contributed by atoms with van der Waals surface area (Å²) in [6.07, 6.45) is 4.79. The number of hydrogen-bond acceptors (Lipinski definition) is 7. The van der Waals surface area contributed by atoms with Gasteiger partial charge >= 0.3 is 0 Å². The molecule has 11 heteroatoms. The fourth-order valence-electron chi connectivity index (χ4n) is 3.93. The molecule has 3 N–H and O–H groups in total. The molecule has 44 heavy (non-hydrogen) atoms. The highest BCUT2D eigenvalue weighted by molar-refractivity contribution is 8.00. The number of aromatic nitrogens is 2. The summed E-state index contributed by atoms with van der Waals surface area (Å²) in [5.41, 5.74) is 3.35. The largest absolute Gasteiger partial charge is 0.321 e. The lowest BCUT2D eigenvalue weighted by atomic mass is 10.2. The zero-order valence-electron chi connectivity index (χ0n) is 23.4. The summed E-state index contributed by atoms with van der Waals surface area (Å²) in [6.45, 7) is 1.81. The van der Waals surface area contributed by atoms with Crippen LogP contribution in [0.3, 0.4) is 0 Å². The molecule has 220 valence electrons. The number of halogens is 1. The van der Waals surface area contributed by atoms with E-state index < -0.39 is 17.1 Å². The average Bonchev–Trinajstić information content (AvgIpc) is 3.51. The molecule has 8 nitrogen and oxygen atoms in total. The summed E-state index contributed by atoms with van der Waals surface area (Å²) in [6, 6.07) is 26.7. The number of carbonyl (C=O) groups excluding carboxylic acids is 3. The lowest BCUT2D eigenvalue weighted by Crippen LogP contribution is -2.30. The molecule has 0 bridgehead atoms. The van der Waals surface area contributed by atoms with E-state index in [2.05, 4.69) is 25.9 Å². The first-order valence-electron chi connectivity index (χ1n) is 13.4. The molecule has 0 spiro atoms. The first-order valence-corrected chi connectivity index (χ1v) is 15.6. The van der Waals surface area contributed by atoms with Crippen LogP contribution in [0.15, 0.2) is 119 Å². The lowest BCUT2D eigenvalue weighted by Gasteiger charge is -2.13. The molecule has 3 aromatic carbocycles. The summed E-state index contributed by atoms with van der Waals surface area (Å²) in [5.74, 6) is -1.08. The first-order chi connectivity index (χ1) is 21.3. The molecule has 0 aliphatic rings. The summed E-state index contributed by atoms with van der Waals surface area (Å²) in [4.78, 5) is 48.3. The number of nitrogens with zero attached hydrogens (tertiary/aromatic N) is 2. The summed E-state index contributed by atoms with van der Waals surface area (Å²) in [7, 11) is 0. The molecule has 5 aromatic rings. The van der Waals surface area contributed by atoms with Crippen LogP contribution in [-0.2, 0) is 9.59 Å². The Morgan fingerprint density at radius 3 is 2.36 bits per heavy atom. The fraction of sp³-hybridized carbons (Fsp3) is 0.0606. The van der Waals surface area contributed by atoms with Crippen LogP contribution in [-0.4, -0.2) is 32.9 Å². The maximum Gasteiger partial charge on any atom is 0.272 e. The number of thiazole rings is 1. The Labute approximate surface area is 267 Å². The molecule has 1 atom stereocenters. The molecule has 0 saturated carbocycles. The molecule has 0 aliphatic heterocycles. The fourth-order valence-corrected chi connectivity index (χ4v) is 5.65. The van der Waals surface area contributed by atoms with Crippen LogP contribution in [0, 0.1) is 0 Å². The number of benzene rings is 3. The smallest absolute Gasteiger partial charge is 0.272 e. The third-order valence-corrected chi connectivity index (χ3v) is 8.31.